The van der Waals surface area contributed by atoms with Crippen molar-refractivity contribution in [2.24, 2.45) is 5.10 Å². The Kier molecular flexibility index (Phi) is 5.83. The van der Waals surface area contributed by atoms with Crippen LogP contribution in [0.25, 0.3) is 0 Å². The van der Waals surface area contributed by atoms with Crippen LogP contribution in [0.5, 0.6) is 5.75 Å². The molecule has 1 unspecified atom stereocenters. The summed E-state index contributed by atoms with van der Waals surface area (Å²) in [6, 6.07) is 15.4. The molecule has 1 amide bonds. The number of carbonyl (C=O) groups is 1. The average Bonchev–Trinajstić information content (AvgIpc) is 3.48. The predicted molar refractivity (Wildman–Crippen MR) is 112 cm³/mol. The van der Waals surface area contributed by atoms with Gasteiger partial charge in [-0.2, -0.15) is 5.10 Å². The zero-order valence-corrected chi connectivity index (χ0v) is 17.0. The van der Waals surface area contributed by atoms with Gasteiger partial charge in [0.15, 0.2) is 0 Å². The van der Waals surface area contributed by atoms with Gasteiger partial charge in [-0.05, 0) is 54.8 Å². The van der Waals surface area contributed by atoms with Gasteiger partial charge in [-0.3, -0.25) is 4.79 Å². The van der Waals surface area contributed by atoms with Crippen LogP contribution in [0.2, 0.25) is 0 Å². The number of thioether (sulfide) groups is 1. The number of amides is 1. The summed E-state index contributed by atoms with van der Waals surface area (Å²) in [5, 5.41) is 8.23. The van der Waals surface area contributed by atoms with E-state index in [9.17, 15) is 4.79 Å². The van der Waals surface area contributed by atoms with Crippen LogP contribution < -0.4 is 4.74 Å². The maximum absolute atomic E-state index is 12.9. The Hall–Kier alpha value is -2.51. The second-order valence-corrected chi connectivity index (χ2v) is 8.19. The van der Waals surface area contributed by atoms with E-state index in [0.717, 1.165) is 27.0 Å². The van der Waals surface area contributed by atoms with E-state index in [1.165, 1.54) is 11.8 Å². The Balaban J connectivity index is 1.47. The molecule has 28 heavy (non-hydrogen) atoms. The molecule has 0 saturated heterocycles. The molecule has 2 aromatic heterocycles. The smallest absolute Gasteiger partial charge is 0.253 e. The fourth-order valence-electron chi connectivity index (χ4n) is 3.04. The Labute approximate surface area is 172 Å². The Morgan fingerprint density at radius 3 is 2.82 bits per heavy atom. The van der Waals surface area contributed by atoms with Gasteiger partial charge in [0.2, 0.25) is 0 Å². The van der Waals surface area contributed by atoms with Crippen LogP contribution in [0.3, 0.4) is 0 Å². The van der Waals surface area contributed by atoms with Crippen molar-refractivity contribution in [3.8, 4) is 5.75 Å². The van der Waals surface area contributed by atoms with E-state index >= 15 is 0 Å². The summed E-state index contributed by atoms with van der Waals surface area (Å²) in [4.78, 5) is 15.1. The van der Waals surface area contributed by atoms with Crippen molar-refractivity contribution >= 4 is 34.7 Å². The first-order valence-corrected chi connectivity index (χ1v) is 10.9. The van der Waals surface area contributed by atoms with E-state index < -0.39 is 0 Å². The summed E-state index contributed by atoms with van der Waals surface area (Å²) >= 11 is 3.13. The molecule has 1 atom stereocenters. The van der Waals surface area contributed by atoms with Gasteiger partial charge in [-0.25, -0.2) is 5.01 Å². The number of hydrazone groups is 1. The van der Waals surface area contributed by atoms with E-state index in [0.29, 0.717) is 18.8 Å². The summed E-state index contributed by atoms with van der Waals surface area (Å²) in [7, 11) is 0. The second-order valence-electron chi connectivity index (χ2n) is 6.19. The van der Waals surface area contributed by atoms with Gasteiger partial charge in [-0.1, -0.05) is 6.07 Å². The number of ether oxygens (including phenoxy) is 1. The third kappa shape index (κ3) is 4.15. The lowest BCUT2D eigenvalue weighted by molar-refractivity contribution is -0.130. The van der Waals surface area contributed by atoms with Crippen molar-refractivity contribution < 1.29 is 13.9 Å². The standard InChI is InChI=1S/C21H20N2O3S2/c1-2-25-15-7-9-16(10-8-15)28-14-21(24)23-18(19-5-3-11-26-19)13-17(22-23)20-6-4-12-27-20/h3-12,18H,2,13-14H2,1H3. The Morgan fingerprint density at radius 1 is 1.29 bits per heavy atom. The molecule has 1 aliphatic heterocycles. The largest absolute Gasteiger partial charge is 0.494 e. The number of nitrogens with zero attached hydrogens (tertiary/aromatic N) is 2. The molecule has 0 radical (unpaired) electrons. The van der Waals surface area contributed by atoms with Crippen molar-refractivity contribution in [3.63, 3.8) is 0 Å². The Morgan fingerprint density at radius 2 is 2.14 bits per heavy atom. The summed E-state index contributed by atoms with van der Waals surface area (Å²) in [5.41, 5.74) is 0.927. The minimum atomic E-state index is -0.194. The molecule has 5 nitrogen and oxygen atoms in total. The molecular formula is C21H20N2O3S2. The van der Waals surface area contributed by atoms with Gasteiger partial charge in [-0.15, -0.1) is 23.1 Å². The zero-order valence-electron chi connectivity index (χ0n) is 15.4. The lowest BCUT2D eigenvalue weighted by Crippen LogP contribution is -2.28. The summed E-state index contributed by atoms with van der Waals surface area (Å²) in [6.45, 7) is 2.59. The molecule has 4 rings (SSSR count). The number of furan rings is 1. The molecule has 3 aromatic rings. The van der Waals surface area contributed by atoms with Crippen LogP contribution in [-0.2, 0) is 4.79 Å². The van der Waals surface area contributed by atoms with Gasteiger partial charge in [0, 0.05) is 11.3 Å². The number of carbonyl (C=O) groups excluding carboxylic acids is 1. The van der Waals surface area contributed by atoms with Crippen LogP contribution >= 0.6 is 23.1 Å². The third-order valence-corrected chi connectivity index (χ3v) is 6.26. The second kappa shape index (κ2) is 8.67. The highest BCUT2D eigenvalue weighted by Gasteiger charge is 2.34. The monoisotopic (exact) mass is 412 g/mol. The van der Waals surface area contributed by atoms with Gasteiger partial charge < -0.3 is 9.15 Å². The van der Waals surface area contributed by atoms with Crippen LogP contribution in [0.15, 0.2) is 74.6 Å². The fraction of sp³-hybridized carbons (Fsp3) is 0.238. The van der Waals surface area contributed by atoms with Crippen LogP contribution in [0, 0.1) is 0 Å². The molecule has 0 aliphatic carbocycles. The van der Waals surface area contributed by atoms with Crippen molar-refractivity contribution in [1.82, 2.24) is 5.01 Å². The molecule has 7 heteroatoms. The molecule has 0 bridgehead atoms. The maximum Gasteiger partial charge on any atom is 0.253 e. The number of hydrogen-bond donors (Lipinski definition) is 0. The highest BCUT2D eigenvalue weighted by molar-refractivity contribution is 8.00. The topological polar surface area (TPSA) is 55.0 Å². The maximum atomic E-state index is 12.9. The number of rotatable bonds is 7. The van der Waals surface area contributed by atoms with Crippen LogP contribution in [-0.4, -0.2) is 29.0 Å². The number of benzene rings is 1. The lowest BCUT2D eigenvalue weighted by atomic mass is 10.1. The zero-order chi connectivity index (χ0) is 19.3. The fourth-order valence-corrected chi connectivity index (χ4v) is 4.52. The van der Waals surface area contributed by atoms with Gasteiger partial charge in [0.05, 0.1) is 29.2 Å². The summed E-state index contributed by atoms with van der Waals surface area (Å²) in [5.74, 6) is 1.87. The van der Waals surface area contributed by atoms with Gasteiger partial charge >= 0.3 is 0 Å². The molecule has 0 fully saturated rings. The summed E-state index contributed by atoms with van der Waals surface area (Å²) < 4.78 is 11.0. The van der Waals surface area contributed by atoms with E-state index in [4.69, 9.17) is 9.15 Å². The van der Waals surface area contributed by atoms with E-state index in [-0.39, 0.29) is 11.9 Å². The molecule has 0 N–H and O–H groups in total. The molecule has 0 saturated carbocycles. The molecule has 1 aliphatic rings. The quantitative estimate of drug-likeness (QED) is 0.500. The Bertz CT molecular complexity index is 935. The number of hydrogen-bond acceptors (Lipinski definition) is 6. The first-order valence-electron chi connectivity index (χ1n) is 9.07. The van der Waals surface area contributed by atoms with E-state index in [2.05, 4.69) is 5.10 Å². The van der Waals surface area contributed by atoms with Crippen LogP contribution in [0.4, 0.5) is 0 Å². The molecule has 144 valence electrons. The van der Waals surface area contributed by atoms with E-state index in [1.807, 2.05) is 60.8 Å². The highest BCUT2D eigenvalue weighted by Crippen LogP contribution is 2.35. The van der Waals surface area contributed by atoms with Crippen LogP contribution in [0.1, 0.15) is 30.0 Å². The van der Waals surface area contributed by atoms with Crippen molar-refractivity contribution in [2.45, 2.75) is 24.3 Å². The van der Waals surface area contributed by atoms with Crippen molar-refractivity contribution in [3.05, 3.63) is 70.8 Å². The van der Waals surface area contributed by atoms with Crippen molar-refractivity contribution in [1.29, 1.82) is 0 Å². The SMILES string of the molecule is CCOc1ccc(SCC(=O)N2N=C(c3cccs3)CC2c2ccco2)cc1. The molecule has 0 spiro atoms. The van der Waals surface area contributed by atoms with Crippen molar-refractivity contribution in [2.75, 3.05) is 12.4 Å². The summed E-state index contributed by atoms with van der Waals surface area (Å²) in [6.07, 6.45) is 2.29. The van der Waals surface area contributed by atoms with Gasteiger partial charge in [0.25, 0.3) is 5.91 Å². The lowest BCUT2D eigenvalue weighted by Gasteiger charge is -2.19. The van der Waals surface area contributed by atoms with E-state index in [1.54, 1.807) is 22.6 Å². The minimum Gasteiger partial charge on any atom is -0.494 e. The molecule has 3 heterocycles. The normalized spacial score (nSPS) is 16.2. The minimum absolute atomic E-state index is 0.0353. The number of thiophene rings is 1. The first-order chi connectivity index (χ1) is 13.7. The van der Waals surface area contributed by atoms with Gasteiger partial charge in [0.1, 0.15) is 17.6 Å². The molecule has 1 aromatic carbocycles. The molecular weight excluding hydrogens is 392 g/mol. The predicted octanol–water partition coefficient (Wildman–Crippen LogP) is 5.21. The highest BCUT2D eigenvalue weighted by atomic mass is 32.2. The first kappa shape index (κ1) is 18.8. The third-order valence-electron chi connectivity index (χ3n) is 4.34. The average molecular weight is 413 g/mol.